The molecule has 0 spiro atoms. The van der Waals surface area contributed by atoms with Crippen LogP contribution >= 0.6 is 0 Å². The van der Waals surface area contributed by atoms with E-state index in [-0.39, 0.29) is 11.9 Å². The smallest absolute Gasteiger partial charge is 0.123 e. The Bertz CT molecular complexity index is 456. The maximum absolute atomic E-state index is 13.0. The lowest BCUT2D eigenvalue weighted by molar-refractivity contribution is 0.617. The van der Waals surface area contributed by atoms with Gasteiger partial charge in [0.1, 0.15) is 5.82 Å². The van der Waals surface area contributed by atoms with Crippen LogP contribution in [-0.2, 0) is 6.42 Å². The second kappa shape index (κ2) is 4.86. The van der Waals surface area contributed by atoms with Crippen LogP contribution in [0.3, 0.4) is 0 Å². The highest BCUT2D eigenvalue weighted by molar-refractivity contribution is 5.21. The molecule has 1 heterocycles. The van der Waals surface area contributed by atoms with Gasteiger partial charge in [0.05, 0.1) is 0 Å². The zero-order chi connectivity index (χ0) is 11.4. The Morgan fingerprint density at radius 1 is 1.19 bits per heavy atom. The average Bonchev–Trinajstić information content (AvgIpc) is 2.30. The molecule has 0 aliphatic heterocycles. The summed E-state index contributed by atoms with van der Waals surface area (Å²) >= 11 is 0. The van der Waals surface area contributed by atoms with Gasteiger partial charge in [0.15, 0.2) is 0 Å². The third-order valence-corrected chi connectivity index (χ3v) is 2.43. The highest BCUT2D eigenvalue weighted by Crippen LogP contribution is 2.15. The molecule has 1 atom stereocenters. The van der Waals surface area contributed by atoms with E-state index < -0.39 is 0 Å². The highest BCUT2D eigenvalue weighted by atomic mass is 19.1. The standard InChI is InChI=1S/C13H13FN2/c14-11-5-3-4-10(8-11)13(15)9-12-6-1-2-7-16-12/h1-8,13H,9,15H2. The fourth-order valence-corrected chi connectivity index (χ4v) is 1.60. The number of halogens is 1. The molecular formula is C13H13FN2. The van der Waals surface area contributed by atoms with Crippen LogP contribution in [0.5, 0.6) is 0 Å². The minimum atomic E-state index is -0.256. The Morgan fingerprint density at radius 3 is 2.75 bits per heavy atom. The van der Waals surface area contributed by atoms with Crippen LogP contribution in [0, 0.1) is 5.82 Å². The monoisotopic (exact) mass is 216 g/mol. The van der Waals surface area contributed by atoms with E-state index in [4.69, 9.17) is 5.73 Å². The van der Waals surface area contributed by atoms with Gasteiger partial charge in [-0.1, -0.05) is 18.2 Å². The molecule has 1 aromatic carbocycles. The van der Waals surface area contributed by atoms with Crippen LogP contribution < -0.4 is 5.73 Å². The minimum absolute atomic E-state index is 0.217. The van der Waals surface area contributed by atoms with Crippen molar-refractivity contribution in [3.63, 3.8) is 0 Å². The Balaban J connectivity index is 2.12. The Hall–Kier alpha value is -1.74. The number of pyridine rings is 1. The molecule has 1 unspecified atom stereocenters. The van der Waals surface area contributed by atoms with Crippen LogP contribution in [0.15, 0.2) is 48.7 Å². The van der Waals surface area contributed by atoms with Crippen molar-refractivity contribution in [3.05, 3.63) is 65.7 Å². The Kier molecular flexibility index (Phi) is 3.27. The third kappa shape index (κ3) is 2.64. The van der Waals surface area contributed by atoms with E-state index in [1.807, 2.05) is 24.3 Å². The molecule has 2 rings (SSSR count). The van der Waals surface area contributed by atoms with Gasteiger partial charge in [0, 0.05) is 24.4 Å². The zero-order valence-electron chi connectivity index (χ0n) is 8.81. The normalized spacial score (nSPS) is 12.4. The first kappa shape index (κ1) is 10.8. The molecule has 2 nitrogen and oxygen atoms in total. The molecule has 0 radical (unpaired) electrons. The van der Waals surface area contributed by atoms with Crippen molar-refractivity contribution < 1.29 is 4.39 Å². The van der Waals surface area contributed by atoms with Crippen LogP contribution in [0.25, 0.3) is 0 Å². The van der Waals surface area contributed by atoms with E-state index in [0.29, 0.717) is 6.42 Å². The van der Waals surface area contributed by atoms with Crippen molar-refractivity contribution in [2.45, 2.75) is 12.5 Å². The van der Waals surface area contributed by atoms with Gasteiger partial charge < -0.3 is 5.73 Å². The average molecular weight is 216 g/mol. The Labute approximate surface area is 93.9 Å². The van der Waals surface area contributed by atoms with Gasteiger partial charge in [-0.05, 0) is 29.8 Å². The molecule has 0 aliphatic carbocycles. The quantitative estimate of drug-likeness (QED) is 0.856. The summed E-state index contributed by atoms with van der Waals surface area (Å²) in [5.41, 5.74) is 7.70. The third-order valence-electron chi connectivity index (χ3n) is 2.43. The molecule has 0 amide bonds. The van der Waals surface area contributed by atoms with Crippen LogP contribution in [0.1, 0.15) is 17.3 Å². The molecule has 2 aromatic rings. The molecule has 0 fully saturated rings. The number of hydrogen-bond donors (Lipinski definition) is 1. The number of aromatic nitrogens is 1. The van der Waals surface area contributed by atoms with E-state index in [2.05, 4.69) is 4.98 Å². The minimum Gasteiger partial charge on any atom is -0.324 e. The van der Waals surface area contributed by atoms with Gasteiger partial charge in [-0.25, -0.2) is 4.39 Å². The molecule has 1 aromatic heterocycles. The molecule has 2 N–H and O–H groups in total. The van der Waals surface area contributed by atoms with E-state index in [1.54, 1.807) is 12.3 Å². The summed E-state index contributed by atoms with van der Waals surface area (Å²) in [4.78, 5) is 4.19. The summed E-state index contributed by atoms with van der Waals surface area (Å²) in [7, 11) is 0. The summed E-state index contributed by atoms with van der Waals surface area (Å²) in [6.45, 7) is 0. The number of rotatable bonds is 3. The molecule has 0 bridgehead atoms. The lowest BCUT2D eigenvalue weighted by Gasteiger charge is -2.11. The number of nitrogens with two attached hydrogens (primary N) is 1. The van der Waals surface area contributed by atoms with E-state index in [0.717, 1.165) is 11.3 Å². The summed E-state index contributed by atoms with van der Waals surface area (Å²) in [6.07, 6.45) is 2.35. The topological polar surface area (TPSA) is 38.9 Å². The van der Waals surface area contributed by atoms with Crippen LogP contribution in [0.4, 0.5) is 4.39 Å². The predicted octanol–water partition coefficient (Wildman–Crippen LogP) is 2.46. The fourth-order valence-electron chi connectivity index (χ4n) is 1.60. The summed E-state index contributed by atoms with van der Waals surface area (Å²) in [5.74, 6) is -0.256. The zero-order valence-corrected chi connectivity index (χ0v) is 8.81. The lowest BCUT2D eigenvalue weighted by atomic mass is 10.0. The van der Waals surface area contributed by atoms with E-state index in [9.17, 15) is 4.39 Å². The summed E-state index contributed by atoms with van der Waals surface area (Å²) in [5, 5.41) is 0. The molecular weight excluding hydrogens is 203 g/mol. The van der Waals surface area contributed by atoms with Gasteiger partial charge in [0.2, 0.25) is 0 Å². The van der Waals surface area contributed by atoms with E-state index in [1.165, 1.54) is 12.1 Å². The largest absolute Gasteiger partial charge is 0.324 e. The molecule has 0 saturated heterocycles. The maximum Gasteiger partial charge on any atom is 0.123 e. The highest BCUT2D eigenvalue weighted by Gasteiger charge is 2.08. The van der Waals surface area contributed by atoms with Gasteiger partial charge in [-0.2, -0.15) is 0 Å². The maximum atomic E-state index is 13.0. The van der Waals surface area contributed by atoms with Crippen molar-refractivity contribution in [2.75, 3.05) is 0 Å². The first-order valence-electron chi connectivity index (χ1n) is 5.16. The van der Waals surface area contributed by atoms with Gasteiger partial charge >= 0.3 is 0 Å². The van der Waals surface area contributed by atoms with E-state index >= 15 is 0 Å². The molecule has 3 heteroatoms. The number of benzene rings is 1. The number of hydrogen-bond acceptors (Lipinski definition) is 2. The molecule has 0 saturated carbocycles. The predicted molar refractivity (Wildman–Crippen MR) is 61.3 cm³/mol. The first-order valence-corrected chi connectivity index (χ1v) is 5.16. The second-order valence-electron chi connectivity index (χ2n) is 3.69. The summed E-state index contributed by atoms with van der Waals surface area (Å²) in [6, 6.07) is 11.9. The summed E-state index contributed by atoms with van der Waals surface area (Å²) < 4.78 is 13.0. The van der Waals surface area contributed by atoms with Gasteiger partial charge in [0.25, 0.3) is 0 Å². The van der Waals surface area contributed by atoms with Crippen molar-refractivity contribution >= 4 is 0 Å². The molecule has 0 aliphatic rings. The van der Waals surface area contributed by atoms with Gasteiger partial charge in [-0.3, -0.25) is 4.98 Å². The lowest BCUT2D eigenvalue weighted by Crippen LogP contribution is -2.14. The molecule has 16 heavy (non-hydrogen) atoms. The van der Waals surface area contributed by atoms with Crippen LogP contribution in [0.2, 0.25) is 0 Å². The van der Waals surface area contributed by atoms with Crippen molar-refractivity contribution in [3.8, 4) is 0 Å². The first-order chi connectivity index (χ1) is 7.75. The number of nitrogens with zero attached hydrogens (tertiary/aromatic N) is 1. The fraction of sp³-hybridized carbons (Fsp3) is 0.154. The van der Waals surface area contributed by atoms with Crippen LogP contribution in [-0.4, -0.2) is 4.98 Å². The Morgan fingerprint density at radius 2 is 2.06 bits per heavy atom. The van der Waals surface area contributed by atoms with Gasteiger partial charge in [-0.15, -0.1) is 0 Å². The molecule has 82 valence electrons. The second-order valence-corrected chi connectivity index (χ2v) is 3.69. The SMILES string of the molecule is NC(Cc1ccccn1)c1cccc(F)c1. The van der Waals surface area contributed by atoms with Crippen molar-refractivity contribution in [2.24, 2.45) is 5.73 Å². The van der Waals surface area contributed by atoms with Crippen molar-refractivity contribution in [1.82, 2.24) is 4.98 Å². The van der Waals surface area contributed by atoms with Crippen molar-refractivity contribution in [1.29, 1.82) is 0 Å².